The van der Waals surface area contributed by atoms with E-state index in [-0.39, 0.29) is 12.2 Å². The number of benzene rings is 1. The third-order valence-corrected chi connectivity index (χ3v) is 3.63. The summed E-state index contributed by atoms with van der Waals surface area (Å²) in [7, 11) is 0. The number of halogens is 1. The van der Waals surface area contributed by atoms with E-state index >= 15 is 0 Å². The lowest BCUT2D eigenvalue weighted by Gasteiger charge is -2.29. The van der Waals surface area contributed by atoms with Crippen molar-refractivity contribution >= 4 is 39.5 Å². The fourth-order valence-electron chi connectivity index (χ4n) is 1.90. The highest BCUT2D eigenvalue weighted by atomic mass is 79.9. The molecule has 1 N–H and O–H groups in total. The number of anilines is 1. The van der Waals surface area contributed by atoms with Gasteiger partial charge < -0.3 is 19.5 Å². The Morgan fingerprint density at radius 1 is 1.29 bits per heavy atom. The van der Waals surface area contributed by atoms with E-state index in [1.54, 1.807) is 25.1 Å². The lowest BCUT2D eigenvalue weighted by Crippen LogP contribution is -2.42. The van der Waals surface area contributed by atoms with Gasteiger partial charge >= 0.3 is 17.9 Å². The topological polar surface area (TPSA) is 90.9 Å². The van der Waals surface area contributed by atoms with Crippen LogP contribution in [0.15, 0.2) is 34.4 Å². The van der Waals surface area contributed by atoms with Crippen LogP contribution in [-0.2, 0) is 23.8 Å². The molecule has 2 rings (SSSR count). The predicted octanol–water partition coefficient (Wildman–Crippen LogP) is 2.76. The summed E-state index contributed by atoms with van der Waals surface area (Å²) in [5, 5.41) is 2.81. The molecule has 8 heteroatoms. The van der Waals surface area contributed by atoms with Gasteiger partial charge in [-0.1, -0.05) is 0 Å². The van der Waals surface area contributed by atoms with Crippen LogP contribution in [0.2, 0.25) is 0 Å². The number of rotatable bonds is 4. The lowest BCUT2D eigenvalue weighted by molar-refractivity contribution is -0.222. The van der Waals surface area contributed by atoms with Crippen LogP contribution in [0.3, 0.4) is 0 Å². The molecule has 0 saturated carbocycles. The number of carbonyl (C=O) groups excluding carboxylic acids is 3. The van der Waals surface area contributed by atoms with Crippen molar-refractivity contribution in [2.75, 3.05) is 11.9 Å². The van der Waals surface area contributed by atoms with Gasteiger partial charge in [0.25, 0.3) is 5.79 Å². The molecule has 0 bridgehead atoms. The lowest BCUT2D eigenvalue weighted by atomic mass is 10.2. The minimum Gasteiger partial charge on any atom is -0.462 e. The molecule has 0 aliphatic carbocycles. The maximum absolute atomic E-state index is 11.8. The molecule has 128 valence electrons. The summed E-state index contributed by atoms with van der Waals surface area (Å²) in [6.45, 7) is 4.94. The molecule has 7 nitrogen and oxygen atoms in total. The van der Waals surface area contributed by atoms with E-state index in [4.69, 9.17) is 14.2 Å². The summed E-state index contributed by atoms with van der Waals surface area (Å²) in [5.41, 5.74) is 0.664. The van der Waals surface area contributed by atoms with Gasteiger partial charge in [-0.15, -0.1) is 0 Å². The van der Waals surface area contributed by atoms with Crippen LogP contribution in [0.25, 0.3) is 0 Å². The van der Waals surface area contributed by atoms with Crippen molar-refractivity contribution < 1.29 is 28.6 Å². The van der Waals surface area contributed by atoms with Crippen LogP contribution in [0, 0.1) is 0 Å². The summed E-state index contributed by atoms with van der Waals surface area (Å²) >= 11 is 3.31. The highest BCUT2D eigenvalue weighted by molar-refractivity contribution is 9.10. The Morgan fingerprint density at radius 2 is 1.92 bits per heavy atom. The van der Waals surface area contributed by atoms with Gasteiger partial charge in [0.1, 0.15) is 0 Å². The molecule has 1 saturated heterocycles. The van der Waals surface area contributed by atoms with Crippen molar-refractivity contribution in [1.29, 1.82) is 0 Å². The summed E-state index contributed by atoms with van der Waals surface area (Å²) in [6, 6.07) is 4.74. The van der Waals surface area contributed by atoms with Crippen LogP contribution in [-0.4, -0.2) is 30.3 Å². The van der Waals surface area contributed by atoms with Crippen molar-refractivity contribution in [3.63, 3.8) is 0 Å². The molecule has 1 aromatic carbocycles. The van der Waals surface area contributed by atoms with Crippen LogP contribution in [0.4, 0.5) is 5.69 Å². The predicted molar refractivity (Wildman–Crippen MR) is 88.1 cm³/mol. The van der Waals surface area contributed by atoms with Gasteiger partial charge in [-0.25, -0.2) is 14.4 Å². The standard InChI is InChI=1S/C16H16BrNO6/c1-4-22-13(19)9-5-6-12(11(17)7-9)18-8-10-14(20)23-16(2,3)24-15(10)21/h5-8,18H,4H2,1-3H3. The second-order valence-corrected chi connectivity index (χ2v) is 6.15. The molecule has 1 aliphatic heterocycles. The highest BCUT2D eigenvalue weighted by Gasteiger charge is 2.38. The Kier molecular flexibility index (Phi) is 5.28. The molecule has 1 aromatic rings. The molecular weight excluding hydrogens is 382 g/mol. The number of esters is 3. The summed E-state index contributed by atoms with van der Waals surface area (Å²) < 4.78 is 15.4. The minimum absolute atomic E-state index is 0.254. The van der Waals surface area contributed by atoms with Gasteiger partial charge in [0.15, 0.2) is 5.57 Å². The Labute approximate surface area is 147 Å². The zero-order chi connectivity index (χ0) is 17.9. The van der Waals surface area contributed by atoms with Gasteiger partial charge in [-0.2, -0.15) is 0 Å². The molecular formula is C16H16BrNO6. The van der Waals surface area contributed by atoms with E-state index in [1.165, 1.54) is 20.0 Å². The van der Waals surface area contributed by atoms with Crippen LogP contribution < -0.4 is 5.32 Å². The van der Waals surface area contributed by atoms with Gasteiger partial charge in [0, 0.05) is 24.5 Å². The number of carbonyl (C=O) groups is 3. The average molecular weight is 398 g/mol. The monoisotopic (exact) mass is 397 g/mol. The van der Waals surface area contributed by atoms with E-state index in [0.29, 0.717) is 15.7 Å². The Hall–Kier alpha value is -2.35. The number of hydrogen-bond donors (Lipinski definition) is 1. The number of ether oxygens (including phenoxy) is 3. The van der Waals surface area contributed by atoms with E-state index in [2.05, 4.69) is 21.2 Å². The minimum atomic E-state index is -1.28. The number of hydrogen-bond acceptors (Lipinski definition) is 7. The summed E-state index contributed by atoms with van der Waals surface area (Å²) in [5.74, 6) is -3.27. The third-order valence-electron chi connectivity index (χ3n) is 2.97. The smallest absolute Gasteiger partial charge is 0.350 e. The second kappa shape index (κ2) is 7.04. The quantitative estimate of drug-likeness (QED) is 0.474. The molecule has 0 atom stereocenters. The largest absolute Gasteiger partial charge is 0.462 e. The molecule has 0 unspecified atom stereocenters. The summed E-state index contributed by atoms with van der Waals surface area (Å²) in [6.07, 6.45) is 1.20. The average Bonchev–Trinajstić information content (AvgIpc) is 2.46. The first-order chi connectivity index (χ1) is 11.2. The fraction of sp³-hybridized carbons (Fsp3) is 0.312. The van der Waals surface area contributed by atoms with Crippen LogP contribution in [0.5, 0.6) is 0 Å². The molecule has 0 amide bonds. The van der Waals surface area contributed by atoms with Gasteiger partial charge in [-0.3, -0.25) is 0 Å². The van der Waals surface area contributed by atoms with Crippen molar-refractivity contribution in [2.45, 2.75) is 26.6 Å². The first-order valence-electron chi connectivity index (χ1n) is 7.13. The molecule has 1 aliphatic rings. The maximum Gasteiger partial charge on any atom is 0.350 e. The Balaban J connectivity index is 2.16. The van der Waals surface area contributed by atoms with E-state index in [0.717, 1.165) is 0 Å². The van der Waals surface area contributed by atoms with Crippen molar-refractivity contribution in [3.05, 3.63) is 40.0 Å². The molecule has 0 aromatic heterocycles. The van der Waals surface area contributed by atoms with Crippen LogP contribution >= 0.6 is 15.9 Å². The first kappa shape index (κ1) is 18.0. The van der Waals surface area contributed by atoms with Gasteiger partial charge in [0.05, 0.1) is 17.9 Å². The normalized spacial score (nSPS) is 16.1. The van der Waals surface area contributed by atoms with Crippen molar-refractivity contribution in [1.82, 2.24) is 0 Å². The molecule has 24 heavy (non-hydrogen) atoms. The van der Waals surface area contributed by atoms with Crippen molar-refractivity contribution in [2.24, 2.45) is 0 Å². The Morgan fingerprint density at radius 3 is 2.46 bits per heavy atom. The molecule has 1 heterocycles. The number of cyclic esters (lactones) is 2. The van der Waals surface area contributed by atoms with Crippen LogP contribution in [0.1, 0.15) is 31.1 Å². The van der Waals surface area contributed by atoms with Crippen molar-refractivity contribution in [3.8, 4) is 0 Å². The first-order valence-corrected chi connectivity index (χ1v) is 7.93. The third kappa shape index (κ3) is 4.14. The van der Waals surface area contributed by atoms with Gasteiger partial charge in [0.2, 0.25) is 0 Å². The Bertz CT molecular complexity index is 703. The molecule has 0 radical (unpaired) electrons. The number of nitrogens with one attached hydrogen (secondary N) is 1. The van der Waals surface area contributed by atoms with E-state index in [9.17, 15) is 14.4 Å². The van der Waals surface area contributed by atoms with E-state index < -0.39 is 23.7 Å². The fourth-order valence-corrected chi connectivity index (χ4v) is 2.40. The zero-order valence-corrected chi connectivity index (χ0v) is 14.9. The molecule has 0 spiro atoms. The SMILES string of the molecule is CCOC(=O)c1ccc(NC=C2C(=O)OC(C)(C)OC2=O)c(Br)c1. The zero-order valence-electron chi connectivity index (χ0n) is 13.3. The molecule has 1 fully saturated rings. The maximum atomic E-state index is 11.8. The van der Waals surface area contributed by atoms with Gasteiger partial charge in [-0.05, 0) is 41.1 Å². The second-order valence-electron chi connectivity index (χ2n) is 5.30. The summed E-state index contributed by atoms with van der Waals surface area (Å²) in [4.78, 5) is 35.3. The van der Waals surface area contributed by atoms with E-state index in [1.807, 2.05) is 0 Å². The highest BCUT2D eigenvalue weighted by Crippen LogP contribution is 2.26.